The predicted molar refractivity (Wildman–Crippen MR) is 104 cm³/mol. The molecule has 0 spiro atoms. The van der Waals surface area contributed by atoms with Crippen molar-refractivity contribution in [3.8, 4) is 5.75 Å². The van der Waals surface area contributed by atoms with E-state index in [4.69, 9.17) is 4.74 Å². The molecule has 3 aromatic carbocycles. The van der Waals surface area contributed by atoms with Gasteiger partial charge in [0.25, 0.3) is 5.69 Å². The van der Waals surface area contributed by atoms with Crippen LogP contribution in [0.25, 0.3) is 0 Å². The van der Waals surface area contributed by atoms with Crippen LogP contribution in [0.3, 0.4) is 0 Å². The molecular formula is C21H18N2O4. The predicted octanol–water partition coefficient (Wildman–Crippen LogP) is 5.17. The van der Waals surface area contributed by atoms with Crippen LogP contribution >= 0.6 is 0 Å². The van der Waals surface area contributed by atoms with E-state index in [-0.39, 0.29) is 11.3 Å². The maximum Gasteiger partial charge on any atom is 0.343 e. The summed E-state index contributed by atoms with van der Waals surface area (Å²) in [5, 5.41) is 14.0. The van der Waals surface area contributed by atoms with Gasteiger partial charge in [-0.15, -0.1) is 0 Å². The molecule has 0 fully saturated rings. The van der Waals surface area contributed by atoms with Crippen LogP contribution in [-0.2, 0) is 0 Å². The molecule has 0 saturated heterocycles. The minimum atomic E-state index is -0.559. The van der Waals surface area contributed by atoms with Gasteiger partial charge in [-0.1, -0.05) is 18.2 Å². The standard InChI is InChI=1S/C21H18N2O4/c1-14-13-20(15(2)12-19(14)22-17-6-4-3-5-7-17)27-21(24)16-8-10-18(11-9-16)23(25)26/h3-13,22H,1-2H3. The first kappa shape index (κ1) is 18.1. The molecule has 0 atom stereocenters. The van der Waals surface area contributed by atoms with Gasteiger partial charge in [0.05, 0.1) is 10.5 Å². The molecule has 27 heavy (non-hydrogen) atoms. The van der Waals surface area contributed by atoms with E-state index in [2.05, 4.69) is 5.32 Å². The molecular weight excluding hydrogens is 344 g/mol. The maximum absolute atomic E-state index is 12.3. The first-order chi connectivity index (χ1) is 12.9. The van der Waals surface area contributed by atoms with Crippen LogP contribution in [-0.4, -0.2) is 10.9 Å². The number of nitro groups is 1. The minimum absolute atomic E-state index is 0.0742. The number of hydrogen-bond donors (Lipinski definition) is 1. The lowest BCUT2D eigenvalue weighted by atomic mass is 10.1. The Balaban J connectivity index is 1.78. The van der Waals surface area contributed by atoms with E-state index in [0.29, 0.717) is 5.75 Å². The number of nitrogens with one attached hydrogen (secondary N) is 1. The smallest absolute Gasteiger partial charge is 0.343 e. The lowest BCUT2D eigenvalue weighted by molar-refractivity contribution is -0.384. The normalized spacial score (nSPS) is 10.3. The zero-order valence-corrected chi connectivity index (χ0v) is 14.9. The van der Waals surface area contributed by atoms with Crippen molar-refractivity contribution in [2.24, 2.45) is 0 Å². The van der Waals surface area contributed by atoms with Gasteiger partial charge in [-0.3, -0.25) is 10.1 Å². The van der Waals surface area contributed by atoms with E-state index in [9.17, 15) is 14.9 Å². The molecule has 0 amide bonds. The van der Waals surface area contributed by atoms with Crippen LogP contribution in [0, 0.1) is 24.0 Å². The number of ether oxygens (including phenoxy) is 1. The Morgan fingerprint density at radius 3 is 2.26 bits per heavy atom. The number of anilines is 2. The summed E-state index contributed by atoms with van der Waals surface area (Å²) < 4.78 is 5.48. The third-order valence-electron chi connectivity index (χ3n) is 4.09. The molecule has 0 bridgehead atoms. The number of carbonyl (C=O) groups is 1. The second-order valence-corrected chi connectivity index (χ2v) is 6.12. The van der Waals surface area contributed by atoms with Gasteiger partial charge < -0.3 is 10.1 Å². The molecule has 0 radical (unpaired) electrons. The van der Waals surface area contributed by atoms with Crippen molar-refractivity contribution in [1.82, 2.24) is 0 Å². The molecule has 0 aromatic heterocycles. The number of hydrogen-bond acceptors (Lipinski definition) is 5. The number of nitrogens with zero attached hydrogens (tertiary/aromatic N) is 1. The van der Waals surface area contributed by atoms with E-state index in [1.807, 2.05) is 50.2 Å². The second kappa shape index (κ2) is 7.70. The molecule has 0 saturated carbocycles. The third kappa shape index (κ3) is 4.30. The molecule has 0 aliphatic rings. The lowest BCUT2D eigenvalue weighted by Gasteiger charge is -2.14. The van der Waals surface area contributed by atoms with Gasteiger partial charge in [0.2, 0.25) is 0 Å². The van der Waals surface area contributed by atoms with E-state index in [1.54, 1.807) is 6.07 Å². The topological polar surface area (TPSA) is 81.5 Å². The number of non-ortho nitro benzene ring substituents is 1. The van der Waals surface area contributed by atoms with Gasteiger partial charge in [-0.2, -0.15) is 0 Å². The minimum Gasteiger partial charge on any atom is -0.423 e. The number of para-hydroxylation sites is 1. The Labute approximate surface area is 156 Å². The van der Waals surface area contributed by atoms with Gasteiger partial charge >= 0.3 is 5.97 Å². The zero-order chi connectivity index (χ0) is 19.4. The number of rotatable bonds is 5. The Hall–Kier alpha value is -3.67. The quantitative estimate of drug-likeness (QED) is 0.293. The fourth-order valence-corrected chi connectivity index (χ4v) is 2.59. The molecule has 0 aliphatic heterocycles. The van der Waals surface area contributed by atoms with E-state index in [1.165, 1.54) is 24.3 Å². The second-order valence-electron chi connectivity index (χ2n) is 6.12. The Morgan fingerprint density at radius 2 is 1.63 bits per heavy atom. The summed E-state index contributed by atoms with van der Waals surface area (Å²) in [6, 6.07) is 18.8. The van der Waals surface area contributed by atoms with Gasteiger partial charge in [0, 0.05) is 23.5 Å². The molecule has 0 aliphatic carbocycles. The molecule has 3 aromatic rings. The molecule has 6 heteroatoms. The highest BCUT2D eigenvalue weighted by Gasteiger charge is 2.14. The van der Waals surface area contributed by atoms with Crippen LogP contribution in [0.4, 0.5) is 17.1 Å². The summed E-state index contributed by atoms with van der Waals surface area (Å²) in [6.45, 7) is 3.78. The van der Waals surface area contributed by atoms with Crippen molar-refractivity contribution >= 4 is 23.0 Å². The van der Waals surface area contributed by atoms with Crippen LogP contribution < -0.4 is 10.1 Å². The highest BCUT2D eigenvalue weighted by molar-refractivity contribution is 5.91. The molecule has 0 unspecified atom stereocenters. The van der Waals surface area contributed by atoms with Crippen molar-refractivity contribution in [3.63, 3.8) is 0 Å². The molecule has 136 valence electrons. The average molecular weight is 362 g/mol. The highest BCUT2D eigenvalue weighted by atomic mass is 16.6. The lowest BCUT2D eigenvalue weighted by Crippen LogP contribution is -2.10. The van der Waals surface area contributed by atoms with Crippen molar-refractivity contribution in [3.05, 3.63) is 93.5 Å². The molecule has 0 heterocycles. The fraction of sp³-hybridized carbons (Fsp3) is 0.0952. The summed E-state index contributed by atoms with van der Waals surface area (Å²) in [7, 11) is 0. The fourth-order valence-electron chi connectivity index (χ4n) is 2.59. The summed E-state index contributed by atoms with van der Waals surface area (Å²) in [5.41, 5.74) is 3.80. The number of nitro benzene ring substituents is 1. The highest BCUT2D eigenvalue weighted by Crippen LogP contribution is 2.29. The van der Waals surface area contributed by atoms with E-state index >= 15 is 0 Å². The zero-order valence-electron chi connectivity index (χ0n) is 14.9. The van der Waals surface area contributed by atoms with Crippen molar-refractivity contribution in [2.45, 2.75) is 13.8 Å². The van der Waals surface area contributed by atoms with Crippen molar-refractivity contribution < 1.29 is 14.5 Å². The largest absolute Gasteiger partial charge is 0.423 e. The first-order valence-corrected chi connectivity index (χ1v) is 8.34. The van der Waals surface area contributed by atoms with Gasteiger partial charge in [0.15, 0.2) is 0 Å². The van der Waals surface area contributed by atoms with Crippen molar-refractivity contribution in [2.75, 3.05) is 5.32 Å². The van der Waals surface area contributed by atoms with Gasteiger partial charge in [-0.25, -0.2) is 4.79 Å². The number of benzene rings is 3. The SMILES string of the molecule is Cc1cc(OC(=O)c2ccc([N+](=O)[O-])cc2)c(C)cc1Nc1ccccc1. The van der Waals surface area contributed by atoms with Crippen LogP contribution in [0.2, 0.25) is 0 Å². The van der Waals surface area contributed by atoms with Crippen LogP contribution in [0.1, 0.15) is 21.5 Å². The molecule has 1 N–H and O–H groups in total. The third-order valence-corrected chi connectivity index (χ3v) is 4.09. The van der Waals surface area contributed by atoms with Crippen LogP contribution in [0.15, 0.2) is 66.7 Å². The maximum atomic E-state index is 12.3. The number of carbonyl (C=O) groups excluding carboxylic acids is 1. The number of esters is 1. The van der Waals surface area contributed by atoms with Gasteiger partial charge in [-0.05, 0) is 61.4 Å². The summed E-state index contributed by atoms with van der Waals surface area (Å²) in [6.07, 6.45) is 0. The average Bonchev–Trinajstić information content (AvgIpc) is 2.66. The summed E-state index contributed by atoms with van der Waals surface area (Å²) in [5.74, 6) is -0.106. The molecule has 3 rings (SSSR count). The van der Waals surface area contributed by atoms with E-state index < -0.39 is 10.9 Å². The molecule has 6 nitrogen and oxygen atoms in total. The summed E-state index contributed by atoms with van der Waals surface area (Å²) >= 11 is 0. The van der Waals surface area contributed by atoms with Crippen molar-refractivity contribution in [1.29, 1.82) is 0 Å². The Bertz CT molecular complexity index is 983. The van der Waals surface area contributed by atoms with E-state index in [0.717, 1.165) is 22.5 Å². The van der Waals surface area contributed by atoms with Crippen LogP contribution in [0.5, 0.6) is 5.75 Å². The first-order valence-electron chi connectivity index (χ1n) is 8.34. The monoisotopic (exact) mass is 362 g/mol. The Morgan fingerprint density at radius 1 is 0.963 bits per heavy atom. The number of aryl methyl sites for hydroxylation is 2. The van der Waals surface area contributed by atoms with Gasteiger partial charge in [0.1, 0.15) is 5.75 Å². The Kier molecular flexibility index (Phi) is 5.17. The summed E-state index contributed by atoms with van der Waals surface area (Å²) in [4.78, 5) is 22.5.